The summed E-state index contributed by atoms with van der Waals surface area (Å²) < 4.78 is 5.63. The van der Waals surface area contributed by atoms with Crippen LogP contribution >= 0.6 is 0 Å². The molecule has 1 fully saturated rings. The molecule has 0 aliphatic heterocycles. The Morgan fingerprint density at radius 1 is 1.38 bits per heavy atom. The molecule has 2 rings (SSSR count). The number of hydrogen-bond acceptors (Lipinski definition) is 3. The van der Waals surface area contributed by atoms with E-state index in [0.717, 1.165) is 12.8 Å². The van der Waals surface area contributed by atoms with Crippen LogP contribution in [0.15, 0.2) is 24.5 Å². The number of nitrogens with two attached hydrogens (primary N) is 1. The van der Waals surface area contributed by atoms with Gasteiger partial charge in [-0.15, -0.1) is 0 Å². The summed E-state index contributed by atoms with van der Waals surface area (Å²) in [5.74, 6) is 0. The Morgan fingerprint density at radius 2 is 2.08 bits per heavy atom. The van der Waals surface area contributed by atoms with Gasteiger partial charge in [0.05, 0.1) is 12.7 Å². The Bertz CT molecular complexity index is 257. The van der Waals surface area contributed by atoms with E-state index in [1.807, 2.05) is 12.1 Å². The summed E-state index contributed by atoms with van der Waals surface area (Å²) in [6, 6.07) is 4.31. The van der Waals surface area contributed by atoms with E-state index in [4.69, 9.17) is 10.5 Å². The highest BCUT2D eigenvalue weighted by atomic mass is 16.5. The fourth-order valence-electron chi connectivity index (χ4n) is 1.44. The van der Waals surface area contributed by atoms with E-state index < -0.39 is 0 Å². The van der Waals surface area contributed by atoms with E-state index in [1.165, 1.54) is 5.56 Å². The molecule has 13 heavy (non-hydrogen) atoms. The first kappa shape index (κ1) is 8.66. The Hall–Kier alpha value is -0.930. The molecular weight excluding hydrogens is 164 g/mol. The monoisotopic (exact) mass is 178 g/mol. The van der Waals surface area contributed by atoms with Crippen molar-refractivity contribution in [1.29, 1.82) is 0 Å². The molecule has 1 saturated carbocycles. The smallest absolute Gasteiger partial charge is 0.0721 e. The van der Waals surface area contributed by atoms with E-state index in [0.29, 0.717) is 18.8 Å². The molecule has 0 atom stereocenters. The van der Waals surface area contributed by atoms with Crippen molar-refractivity contribution in [2.75, 3.05) is 0 Å². The Balaban J connectivity index is 1.74. The van der Waals surface area contributed by atoms with Crippen LogP contribution in [0.4, 0.5) is 0 Å². The zero-order chi connectivity index (χ0) is 9.10. The SMILES string of the molecule is NC1CC(OCc2ccncc2)C1. The fourth-order valence-corrected chi connectivity index (χ4v) is 1.44. The summed E-state index contributed by atoms with van der Waals surface area (Å²) in [5.41, 5.74) is 6.82. The lowest BCUT2D eigenvalue weighted by atomic mass is 9.90. The molecular formula is C10H14N2O. The Labute approximate surface area is 77.9 Å². The molecule has 2 N–H and O–H groups in total. The van der Waals surface area contributed by atoms with Gasteiger partial charge in [0, 0.05) is 18.4 Å². The van der Waals surface area contributed by atoms with Crippen molar-refractivity contribution < 1.29 is 4.74 Å². The van der Waals surface area contributed by atoms with Crippen molar-refractivity contribution in [3.05, 3.63) is 30.1 Å². The quantitative estimate of drug-likeness (QED) is 0.753. The van der Waals surface area contributed by atoms with Crippen LogP contribution in [0.25, 0.3) is 0 Å². The lowest BCUT2D eigenvalue weighted by molar-refractivity contribution is -0.0188. The second-order valence-electron chi connectivity index (χ2n) is 3.52. The van der Waals surface area contributed by atoms with Crippen molar-refractivity contribution in [2.45, 2.75) is 31.6 Å². The van der Waals surface area contributed by atoms with Crippen LogP contribution < -0.4 is 5.73 Å². The largest absolute Gasteiger partial charge is 0.373 e. The third kappa shape index (κ3) is 2.26. The molecule has 3 nitrogen and oxygen atoms in total. The summed E-state index contributed by atoms with van der Waals surface area (Å²) in [4.78, 5) is 3.94. The average molecular weight is 178 g/mol. The summed E-state index contributed by atoms with van der Waals surface area (Å²) in [6.45, 7) is 0.680. The van der Waals surface area contributed by atoms with Gasteiger partial charge in [-0.3, -0.25) is 4.98 Å². The molecule has 3 heteroatoms. The standard InChI is InChI=1S/C10H14N2O/c11-9-5-10(6-9)13-7-8-1-3-12-4-2-8/h1-4,9-10H,5-7,11H2. The predicted molar refractivity (Wildman–Crippen MR) is 50.0 cm³/mol. The van der Waals surface area contributed by atoms with Crippen molar-refractivity contribution in [3.8, 4) is 0 Å². The van der Waals surface area contributed by atoms with Gasteiger partial charge in [0.25, 0.3) is 0 Å². The van der Waals surface area contributed by atoms with Crippen molar-refractivity contribution in [1.82, 2.24) is 4.98 Å². The molecule has 1 aromatic heterocycles. The van der Waals surface area contributed by atoms with Gasteiger partial charge in [0.15, 0.2) is 0 Å². The summed E-state index contributed by atoms with van der Waals surface area (Å²) in [7, 11) is 0. The number of hydrogen-bond donors (Lipinski definition) is 1. The molecule has 0 bridgehead atoms. The highest BCUT2D eigenvalue weighted by Crippen LogP contribution is 2.22. The number of rotatable bonds is 3. The second-order valence-corrected chi connectivity index (χ2v) is 3.52. The number of ether oxygens (including phenoxy) is 1. The van der Waals surface area contributed by atoms with Crippen LogP contribution in [-0.2, 0) is 11.3 Å². The molecule has 1 aliphatic rings. The zero-order valence-electron chi connectivity index (χ0n) is 7.52. The molecule has 1 aliphatic carbocycles. The van der Waals surface area contributed by atoms with Gasteiger partial charge in [-0.05, 0) is 30.5 Å². The molecule has 0 amide bonds. The van der Waals surface area contributed by atoms with Crippen LogP contribution in [0.1, 0.15) is 18.4 Å². The predicted octanol–water partition coefficient (Wildman–Crippen LogP) is 1.09. The third-order valence-electron chi connectivity index (χ3n) is 2.37. The van der Waals surface area contributed by atoms with E-state index >= 15 is 0 Å². The van der Waals surface area contributed by atoms with Crippen LogP contribution in [0.2, 0.25) is 0 Å². The number of nitrogens with zero attached hydrogens (tertiary/aromatic N) is 1. The normalized spacial score (nSPS) is 26.8. The lowest BCUT2D eigenvalue weighted by Crippen LogP contribution is -2.41. The molecule has 0 spiro atoms. The first-order valence-electron chi connectivity index (χ1n) is 4.60. The van der Waals surface area contributed by atoms with Crippen LogP contribution in [0.5, 0.6) is 0 Å². The summed E-state index contributed by atoms with van der Waals surface area (Å²) in [5, 5.41) is 0. The third-order valence-corrected chi connectivity index (χ3v) is 2.37. The van der Waals surface area contributed by atoms with Crippen LogP contribution in [0.3, 0.4) is 0 Å². The maximum absolute atomic E-state index is 5.65. The fraction of sp³-hybridized carbons (Fsp3) is 0.500. The minimum absolute atomic E-state index is 0.363. The van der Waals surface area contributed by atoms with Gasteiger partial charge in [-0.1, -0.05) is 0 Å². The molecule has 0 unspecified atom stereocenters. The topological polar surface area (TPSA) is 48.1 Å². The molecule has 0 saturated heterocycles. The number of pyridine rings is 1. The summed E-state index contributed by atoms with van der Waals surface area (Å²) in [6.07, 6.45) is 5.95. The van der Waals surface area contributed by atoms with E-state index in [2.05, 4.69) is 4.98 Å². The Morgan fingerprint density at radius 3 is 2.69 bits per heavy atom. The van der Waals surface area contributed by atoms with Crippen molar-refractivity contribution in [2.24, 2.45) is 5.73 Å². The van der Waals surface area contributed by atoms with Gasteiger partial charge in [-0.25, -0.2) is 0 Å². The number of aromatic nitrogens is 1. The lowest BCUT2D eigenvalue weighted by Gasteiger charge is -2.32. The maximum Gasteiger partial charge on any atom is 0.0721 e. The maximum atomic E-state index is 5.65. The minimum Gasteiger partial charge on any atom is -0.373 e. The van der Waals surface area contributed by atoms with E-state index in [1.54, 1.807) is 12.4 Å². The van der Waals surface area contributed by atoms with Gasteiger partial charge in [-0.2, -0.15) is 0 Å². The van der Waals surface area contributed by atoms with Gasteiger partial charge < -0.3 is 10.5 Å². The first-order chi connectivity index (χ1) is 6.34. The molecule has 1 aromatic rings. The zero-order valence-corrected chi connectivity index (χ0v) is 7.52. The molecule has 0 aromatic carbocycles. The highest BCUT2D eigenvalue weighted by Gasteiger charge is 2.26. The van der Waals surface area contributed by atoms with Crippen LogP contribution in [0, 0.1) is 0 Å². The van der Waals surface area contributed by atoms with E-state index in [-0.39, 0.29) is 0 Å². The summed E-state index contributed by atoms with van der Waals surface area (Å²) >= 11 is 0. The van der Waals surface area contributed by atoms with Crippen molar-refractivity contribution in [3.63, 3.8) is 0 Å². The van der Waals surface area contributed by atoms with Crippen LogP contribution in [-0.4, -0.2) is 17.1 Å². The second kappa shape index (κ2) is 3.85. The van der Waals surface area contributed by atoms with Gasteiger partial charge in [0.1, 0.15) is 0 Å². The highest BCUT2D eigenvalue weighted by molar-refractivity contribution is 5.08. The minimum atomic E-state index is 0.363. The first-order valence-corrected chi connectivity index (χ1v) is 4.60. The molecule has 1 heterocycles. The Kier molecular flexibility index (Phi) is 2.57. The average Bonchev–Trinajstić information content (AvgIpc) is 2.12. The van der Waals surface area contributed by atoms with Gasteiger partial charge >= 0.3 is 0 Å². The molecule has 70 valence electrons. The molecule has 0 radical (unpaired) electrons. The van der Waals surface area contributed by atoms with E-state index in [9.17, 15) is 0 Å². The van der Waals surface area contributed by atoms with Crippen molar-refractivity contribution >= 4 is 0 Å². The van der Waals surface area contributed by atoms with Gasteiger partial charge in [0.2, 0.25) is 0 Å².